The Labute approximate surface area is 162 Å². The van der Waals surface area contributed by atoms with Crippen molar-refractivity contribution in [3.8, 4) is 0 Å². The van der Waals surface area contributed by atoms with Gasteiger partial charge in [-0.2, -0.15) is 0 Å². The van der Waals surface area contributed by atoms with Gasteiger partial charge in [0.2, 0.25) is 0 Å². The third kappa shape index (κ3) is 5.61. The Morgan fingerprint density at radius 3 is 2.50 bits per heavy atom. The van der Waals surface area contributed by atoms with Gasteiger partial charge in [-0.25, -0.2) is 0 Å². The van der Waals surface area contributed by atoms with E-state index < -0.39 is 0 Å². The SMILES string of the molecule is CCC(CCNC)N(C)c1ccc(C(C)C(C)(C)C)c(/C=C/C2CC2)c1. The maximum Gasteiger partial charge on any atom is 0.0372 e. The molecule has 1 aliphatic rings. The molecule has 1 aromatic carbocycles. The average molecular weight is 357 g/mol. The Hall–Kier alpha value is -1.28. The first kappa shape index (κ1) is 21.0. The van der Waals surface area contributed by atoms with E-state index in [0.717, 1.165) is 12.5 Å². The number of allylic oxidation sites excluding steroid dienone is 1. The Kier molecular flexibility index (Phi) is 7.34. The number of anilines is 1. The third-order valence-corrected chi connectivity index (χ3v) is 6.16. The minimum Gasteiger partial charge on any atom is -0.372 e. The van der Waals surface area contributed by atoms with Crippen LogP contribution in [0.4, 0.5) is 5.69 Å². The molecule has 0 amide bonds. The number of hydrogen-bond acceptors (Lipinski definition) is 2. The van der Waals surface area contributed by atoms with E-state index in [1.54, 1.807) is 0 Å². The van der Waals surface area contributed by atoms with Crippen molar-refractivity contribution in [1.29, 1.82) is 0 Å². The molecule has 0 radical (unpaired) electrons. The second-order valence-electron chi connectivity index (χ2n) is 9.16. The smallest absolute Gasteiger partial charge is 0.0372 e. The minimum absolute atomic E-state index is 0.272. The summed E-state index contributed by atoms with van der Waals surface area (Å²) in [6.45, 7) is 12.8. The summed E-state index contributed by atoms with van der Waals surface area (Å²) in [6, 6.07) is 7.69. The maximum absolute atomic E-state index is 3.29. The minimum atomic E-state index is 0.272. The van der Waals surface area contributed by atoms with Gasteiger partial charge in [-0.1, -0.05) is 52.8 Å². The highest BCUT2D eigenvalue weighted by Gasteiger charge is 2.25. The van der Waals surface area contributed by atoms with E-state index in [4.69, 9.17) is 0 Å². The van der Waals surface area contributed by atoms with E-state index in [1.807, 2.05) is 7.05 Å². The van der Waals surface area contributed by atoms with E-state index in [2.05, 4.69) is 82.2 Å². The van der Waals surface area contributed by atoms with Crippen molar-refractivity contribution in [3.63, 3.8) is 0 Å². The maximum atomic E-state index is 3.29. The highest BCUT2D eigenvalue weighted by Crippen LogP contribution is 2.39. The second kappa shape index (κ2) is 9.08. The molecule has 0 spiro atoms. The first-order valence-corrected chi connectivity index (χ1v) is 10.5. The van der Waals surface area contributed by atoms with Crippen molar-refractivity contribution >= 4 is 11.8 Å². The molecule has 1 fully saturated rings. The topological polar surface area (TPSA) is 15.3 Å². The van der Waals surface area contributed by atoms with Gasteiger partial charge in [0.1, 0.15) is 0 Å². The summed E-state index contributed by atoms with van der Waals surface area (Å²) in [7, 11) is 4.29. The van der Waals surface area contributed by atoms with Gasteiger partial charge in [0.15, 0.2) is 0 Å². The van der Waals surface area contributed by atoms with Gasteiger partial charge in [-0.15, -0.1) is 0 Å². The van der Waals surface area contributed by atoms with Gasteiger partial charge in [0.25, 0.3) is 0 Å². The van der Waals surface area contributed by atoms with Crippen molar-refractivity contribution in [2.24, 2.45) is 11.3 Å². The van der Waals surface area contributed by atoms with E-state index in [-0.39, 0.29) is 5.41 Å². The normalized spacial score (nSPS) is 17.5. The van der Waals surface area contributed by atoms with Crippen LogP contribution in [0.3, 0.4) is 0 Å². The van der Waals surface area contributed by atoms with Crippen molar-refractivity contribution in [2.75, 3.05) is 25.5 Å². The molecule has 0 aliphatic heterocycles. The lowest BCUT2D eigenvalue weighted by molar-refractivity contribution is 0.339. The summed E-state index contributed by atoms with van der Waals surface area (Å²) in [6.07, 6.45) is 9.89. The quantitative estimate of drug-likeness (QED) is 0.576. The molecule has 2 heteroatoms. The van der Waals surface area contributed by atoms with Crippen LogP contribution < -0.4 is 10.2 Å². The molecule has 2 rings (SSSR count). The molecule has 1 N–H and O–H groups in total. The van der Waals surface area contributed by atoms with Gasteiger partial charge < -0.3 is 10.2 Å². The van der Waals surface area contributed by atoms with Crippen LogP contribution in [0.2, 0.25) is 0 Å². The van der Waals surface area contributed by atoms with Crippen LogP contribution in [0, 0.1) is 11.3 Å². The number of benzene rings is 1. The van der Waals surface area contributed by atoms with E-state index in [9.17, 15) is 0 Å². The summed E-state index contributed by atoms with van der Waals surface area (Å²) in [5, 5.41) is 3.29. The zero-order valence-electron chi connectivity index (χ0n) is 18.1. The van der Waals surface area contributed by atoms with E-state index in [0.29, 0.717) is 12.0 Å². The van der Waals surface area contributed by atoms with E-state index in [1.165, 1.54) is 42.5 Å². The van der Waals surface area contributed by atoms with E-state index >= 15 is 0 Å². The van der Waals surface area contributed by atoms with Gasteiger partial charge in [-0.3, -0.25) is 0 Å². The summed E-state index contributed by atoms with van der Waals surface area (Å²) >= 11 is 0. The zero-order chi connectivity index (χ0) is 19.3. The third-order valence-electron chi connectivity index (χ3n) is 6.16. The molecule has 0 saturated heterocycles. The molecule has 2 nitrogen and oxygen atoms in total. The fourth-order valence-electron chi connectivity index (χ4n) is 3.51. The molecule has 1 aromatic rings. The second-order valence-corrected chi connectivity index (χ2v) is 9.16. The fraction of sp³-hybridized carbons (Fsp3) is 0.667. The van der Waals surface area contributed by atoms with Crippen LogP contribution >= 0.6 is 0 Å². The van der Waals surface area contributed by atoms with Gasteiger partial charge in [0, 0.05) is 18.8 Å². The Morgan fingerprint density at radius 2 is 1.96 bits per heavy atom. The number of hydrogen-bond donors (Lipinski definition) is 1. The van der Waals surface area contributed by atoms with Crippen LogP contribution in [0.25, 0.3) is 6.08 Å². The summed E-state index contributed by atoms with van der Waals surface area (Å²) in [5.74, 6) is 1.35. The Bertz CT molecular complexity index is 593. The molecule has 1 aliphatic carbocycles. The fourth-order valence-corrected chi connectivity index (χ4v) is 3.51. The first-order chi connectivity index (χ1) is 12.3. The molecular weight excluding hydrogens is 316 g/mol. The van der Waals surface area contributed by atoms with Crippen molar-refractivity contribution < 1.29 is 0 Å². The van der Waals surface area contributed by atoms with Gasteiger partial charge in [-0.05, 0) is 79.8 Å². The lowest BCUT2D eigenvalue weighted by atomic mass is 9.76. The monoisotopic (exact) mass is 356 g/mol. The van der Waals surface area contributed by atoms with Crippen LogP contribution in [-0.2, 0) is 0 Å². The number of rotatable bonds is 9. The van der Waals surface area contributed by atoms with Crippen LogP contribution in [0.1, 0.15) is 77.3 Å². The lowest BCUT2D eigenvalue weighted by Gasteiger charge is -2.32. The van der Waals surface area contributed by atoms with Crippen molar-refractivity contribution in [2.45, 2.75) is 72.3 Å². The molecule has 0 bridgehead atoms. The van der Waals surface area contributed by atoms with Gasteiger partial charge >= 0.3 is 0 Å². The molecule has 1 saturated carbocycles. The first-order valence-electron chi connectivity index (χ1n) is 10.5. The van der Waals surface area contributed by atoms with Crippen LogP contribution in [-0.4, -0.2) is 26.7 Å². The predicted octanol–water partition coefficient (Wildman–Crippen LogP) is 6.08. The molecule has 26 heavy (non-hydrogen) atoms. The summed E-state index contributed by atoms with van der Waals surface area (Å²) < 4.78 is 0. The highest BCUT2D eigenvalue weighted by molar-refractivity contribution is 5.63. The Balaban J connectivity index is 2.32. The molecule has 0 aromatic heterocycles. The standard InChI is InChI=1S/C24H40N2/c1-8-21(15-16-25-6)26(7)22-13-14-23(18(2)24(3,4)5)20(17-22)12-11-19-9-10-19/h11-14,17-19,21,25H,8-10,15-16H2,1-7H3/b12-11+. The average Bonchev–Trinajstić information content (AvgIpc) is 3.43. The van der Waals surface area contributed by atoms with Gasteiger partial charge in [0.05, 0.1) is 0 Å². The van der Waals surface area contributed by atoms with Crippen molar-refractivity contribution in [3.05, 3.63) is 35.4 Å². The molecule has 2 atom stereocenters. The highest BCUT2D eigenvalue weighted by atomic mass is 15.1. The summed E-state index contributed by atoms with van der Waals surface area (Å²) in [4.78, 5) is 2.47. The molecule has 146 valence electrons. The predicted molar refractivity (Wildman–Crippen MR) is 117 cm³/mol. The molecular formula is C24H40N2. The van der Waals surface area contributed by atoms with Crippen LogP contribution in [0.5, 0.6) is 0 Å². The zero-order valence-corrected chi connectivity index (χ0v) is 18.1. The molecule has 0 heterocycles. The Morgan fingerprint density at radius 1 is 1.27 bits per heavy atom. The van der Waals surface area contributed by atoms with Crippen LogP contribution in [0.15, 0.2) is 24.3 Å². The summed E-state index contributed by atoms with van der Waals surface area (Å²) in [5.41, 5.74) is 4.50. The molecule has 2 unspecified atom stereocenters. The number of nitrogens with one attached hydrogen (secondary N) is 1. The lowest BCUT2D eigenvalue weighted by Crippen LogP contribution is -2.33. The largest absolute Gasteiger partial charge is 0.372 e. The van der Waals surface area contributed by atoms with Crippen molar-refractivity contribution in [1.82, 2.24) is 5.32 Å². The number of nitrogens with zero attached hydrogens (tertiary/aromatic N) is 1.